The summed E-state index contributed by atoms with van der Waals surface area (Å²) in [5.41, 5.74) is 0. The first kappa shape index (κ1) is 29.4. The van der Waals surface area contributed by atoms with Gasteiger partial charge in [0.05, 0.1) is 18.1 Å². The minimum absolute atomic E-state index is 0.0154. The van der Waals surface area contributed by atoms with Gasteiger partial charge in [0, 0.05) is 26.1 Å². The van der Waals surface area contributed by atoms with Crippen LogP contribution in [0.1, 0.15) is 123 Å². The first-order chi connectivity index (χ1) is 15.2. The molecule has 0 saturated heterocycles. The van der Waals surface area contributed by atoms with Crippen LogP contribution in [0.4, 0.5) is 0 Å². The number of nitrogens with zero attached hydrogens (tertiary/aromatic N) is 2. The SMILES string of the molecule is CCCCOCCCCCCC(CCC#N)C(=O)OC(CCC)CCCCCCC#N. The van der Waals surface area contributed by atoms with E-state index in [0.717, 1.165) is 96.7 Å². The van der Waals surface area contributed by atoms with Crippen molar-refractivity contribution in [2.24, 2.45) is 5.92 Å². The first-order valence-corrected chi connectivity index (χ1v) is 12.7. The second-order valence-corrected chi connectivity index (χ2v) is 8.52. The molecule has 0 rings (SSSR count). The Labute approximate surface area is 191 Å². The highest BCUT2D eigenvalue weighted by Crippen LogP contribution is 2.21. The van der Waals surface area contributed by atoms with Crippen LogP contribution in [0.15, 0.2) is 0 Å². The average Bonchev–Trinajstić information content (AvgIpc) is 2.77. The quantitative estimate of drug-likeness (QED) is 0.132. The second-order valence-electron chi connectivity index (χ2n) is 8.52. The fourth-order valence-electron chi connectivity index (χ4n) is 3.69. The summed E-state index contributed by atoms with van der Waals surface area (Å²) in [6.45, 7) is 5.97. The van der Waals surface area contributed by atoms with Crippen LogP contribution in [0.2, 0.25) is 0 Å². The Hall–Kier alpha value is -1.59. The van der Waals surface area contributed by atoms with Gasteiger partial charge in [-0.1, -0.05) is 58.8 Å². The largest absolute Gasteiger partial charge is 0.462 e. The molecule has 31 heavy (non-hydrogen) atoms. The summed E-state index contributed by atoms with van der Waals surface area (Å²) < 4.78 is 11.5. The van der Waals surface area contributed by atoms with Crippen LogP contribution < -0.4 is 0 Å². The molecule has 0 spiro atoms. The number of hydrogen-bond donors (Lipinski definition) is 0. The summed E-state index contributed by atoms with van der Waals surface area (Å²) in [5, 5.41) is 17.6. The van der Waals surface area contributed by atoms with E-state index >= 15 is 0 Å². The van der Waals surface area contributed by atoms with Crippen LogP contribution >= 0.6 is 0 Å². The zero-order valence-corrected chi connectivity index (χ0v) is 20.2. The van der Waals surface area contributed by atoms with Gasteiger partial charge in [0.25, 0.3) is 0 Å². The van der Waals surface area contributed by atoms with Crippen LogP contribution in [-0.2, 0) is 14.3 Å². The number of unbranched alkanes of at least 4 members (excludes halogenated alkanes) is 8. The predicted molar refractivity (Wildman–Crippen MR) is 125 cm³/mol. The minimum atomic E-state index is -0.157. The molecule has 2 unspecified atom stereocenters. The molecule has 0 amide bonds. The van der Waals surface area contributed by atoms with E-state index in [1.807, 2.05) is 0 Å². The number of rotatable bonds is 22. The van der Waals surface area contributed by atoms with Gasteiger partial charge in [-0.25, -0.2) is 0 Å². The monoisotopic (exact) mass is 434 g/mol. The Balaban J connectivity index is 4.24. The van der Waals surface area contributed by atoms with Crippen molar-refractivity contribution in [1.82, 2.24) is 0 Å². The third-order valence-electron chi connectivity index (χ3n) is 5.63. The lowest BCUT2D eigenvalue weighted by molar-refractivity contribution is -0.155. The number of nitriles is 2. The van der Waals surface area contributed by atoms with E-state index in [4.69, 9.17) is 20.0 Å². The van der Waals surface area contributed by atoms with E-state index in [1.54, 1.807) is 0 Å². The predicted octanol–water partition coefficient (Wildman–Crippen LogP) is 7.25. The molecule has 0 N–H and O–H groups in total. The van der Waals surface area contributed by atoms with Crippen LogP contribution in [0.3, 0.4) is 0 Å². The summed E-state index contributed by atoms with van der Waals surface area (Å²) in [6, 6.07) is 4.36. The normalized spacial score (nSPS) is 12.6. The molecule has 5 heteroatoms. The van der Waals surface area contributed by atoms with Gasteiger partial charge >= 0.3 is 5.97 Å². The topological polar surface area (TPSA) is 83.1 Å². The van der Waals surface area contributed by atoms with E-state index in [0.29, 0.717) is 19.3 Å². The molecule has 0 heterocycles. The lowest BCUT2D eigenvalue weighted by Crippen LogP contribution is -2.24. The number of hydrogen-bond acceptors (Lipinski definition) is 5. The molecule has 0 bridgehead atoms. The van der Waals surface area contributed by atoms with Crippen LogP contribution in [0.5, 0.6) is 0 Å². The highest BCUT2D eigenvalue weighted by Gasteiger charge is 2.22. The van der Waals surface area contributed by atoms with Gasteiger partial charge in [0.1, 0.15) is 6.10 Å². The zero-order chi connectivity index (χ0) is 23.0. The maximum atomic E-state index is 12.8. The lowest BCUT2D eigenvalue weighted by Gasteiger charge is -2.21. The van der Waals surface area contributed by atoms with E-state index in [2.05, 4.69) is 26.0 Å². The van der Waals surface area contributed by atoms with Gasteiger partial charge in [-0.05, 0) is 51.4 Å². The Bertz CT molecular complexity index is 496. The fraction of sp³-hybridized carbons (Fsp3) is 0.885. The molecule has 0 aliphatic heterocycles. The summed E-state index contributed by atoms with van der Waals surface area (Å²) in [7, 11) is 0. The van der Waals surface area contributed by atoms with Crippen LogP contribution in [0, 0.1) is 28.6 Å². The molecule has 0 aromatic heterocycles. The molecule has 0 saturated carbocycles. The smallest absolute Gasteiger partial charge is 0.309 e. The number of carbonyl (C=O) groups is 1. The van der Waals surface area contributed by atoms with Crippen molar-refractivity contribution in [3.8, 4) is 12.1 Å². The molecule has 5 nitrogen and oxygen atoms in total. The van der Waals surface area contributed by atoms with E-state index in [9.17, 15) is 4.79 Å². The van der Waals surface area contributed by atoms with Gasteiger partial charge < -0.3 is 9.47 Å². The van der Waals surface area contributed by atoms with Gasteiger partial charge in [-0.3, -0.25) is 4.79 Å². The summed E-state index contributed by atoms with van der Waals surface area (Å²) in [5.74, 6) is -0.267. The molecule has 0 aromatic carbocycles. The third kappa shape index (κ3) is 18.9. The number of carbonyl (C=O) groups excluding carboxylic acids is 1. The van der Waals surface area contributed by atoms with E-state index < -0.39 is 0 Å². The summed E-state index contributed by atoms with van der Waals surface area (Å²) in [6.07, 6.45) is 15.9. The van der Waals surface area contributed by atoms with Crippen LogP contribution in [-0.4, -0.2) is 25.3 Å². The standard InChI is InChI=1S/C26H46N2O3/c1-3-5-22-30-23-14-10-8-11-17-24(18-15-21-28)26(29)31-25(16-4-2)19-12-7-6-9-13-20-27/h24-25H,3-19,22-23H2,1-2H3. The summed E-state index contributed by atoms with van der Waals surface area (Å²) >= 11 is 0. The Morgan fingerprint density at radius 1 is 0.710 bits per heavy atom. The van der Waals surface area contributed by atoms with Crippen molar-refractivity contribution in [3.05, 3.63) is 0 Å². The van der Waals surface area contributed by atoms with Crippen molar-refractivity contribution < 1.29 is 14.3 Å². The number of ether oxygens (including phenoxy) is 2. The molecule has 0 aliphatic carbocycles. The molecule has 0 aliphatic rings. The average molecular weight is 435 g/mol. The zero-order valence-electron chi connectivity index (χ0n) is 20.2. The lowest BCUT2D eigenvalue weighted by atomic mass is 9.96. The highest BCUT2D eigenvalue weighted by molar-refractivity contribution is 5.72. The highest BCUT2D eigenvalue weighted by atomic mass is 16.5. The van der Waals surface area contributed by atoms with Crippen molar-refractivity contribution in [2.75, 3.05) is 13.2 Å². The van der Waals surface area contributed by atoms with Crippen molar-refractivity contribution in [1.29, 1.82) is 10.5 Å². The van der Waals surface area contributed by atoms with Gasteiger partial charge in [0.15, 0.2) is 0 Å². The summed E-state index contributed by atoms with van der Waals surface area (Å²) in [4.78, 5) is 12.8. The van der Waals surface area contributed by atoms with E-state index in [1.165, 1.54) is 6.42 Å². The number of esters is 1. The van der Waals surface area contributed by atoms with Gasteiger partial charge in [-0.2, -0.15) is 10.5 Å². The molecular weight excluding hydrogens is 388 g/mol. The molecule has 178 valence electrons. The van der Waals surface area contributed by atoms with Crippen molar-refractivity contribution in [3.63, 3.8) is 0 Å². The van der Waals surface area contributed by atoms with Crippen LogP contribution in [0.25, 0.3) is 0 Å². The van der Waals surface area contributed by atoms with Crippen molar-refractivity contribution in [2.45, 2.75) is 129 Å². The minimum Gasteiger partial charge on any atom is -0.462 e. The Kier molecular flexibility index (Phi) is 21.9. The Morgan fingerprint density at radius 2 is 1.35 bits per heavy atom. The van der Waals surface area contributed by atoms with Gasteiger partial charge in [0.2, 0.25) is 0 Å². The fourth-order valence-corrected chi connectivity index (χ4v) is 3.69. The second kappa shape index (κ2) is 23.1. The maximum Gasteiger partial charge on any atom is 0.309 e. The third-order valence-corrected chi connectivity index (χ3v) is 5.63. The first-order valence-electron chi connectivity index (χ1n) is 12.7. The van der Waals surface area contributed by atoms with Crippen molar-refractivity contribution >= 4 is 5.97 Å². The van der Waals surface area contributed by atoms with E-state index in [-0.39, 0.29) is 18.0 Å². The van der Waals surface area contributed by atoms with Gasteiger partial charge in [-0.15, -0.1) is 0 Å². The Morgan fingerprint density at radius 3 is 2.03 bits per heavy atom. The maximum absolute atomic E-state index is 12.8. The molecule has 0 fully saturated rings. The molecular formula is C26H46N2O3. The molecule has 0 aromatic rings. The molecule has 2 atom stereocenters. The molecule has 0 radical (unpaired) electrons.